The molecule has 0 saturated heterocycles. The zero-order chi connectivity index (χ0) is 14.2. The minimum Gasteiger partial charge on any atom is -0.159 e. The number of rotatable bonds is 5. The Hall–Kier alpha value is -2.22. The monoisotopic (exact) mass is 264 g/mol. The van der Waals surface area contributed by atoms with Crippen molar-refractivity contribution in [2.24, 2.45) is 10.2 Å². The second-order valence-electron chi connectivity index (χ2n) is 4.68. The van der Waals surface area contributed by atoms with E-state index in [2.05, 4.69) is 72.6 Å². The maximum atomic E-state index is 4.08. The van der Waals surface area contributed by atoms with E-state index in [0.29, 0.717) is 0 Å². The molecule has 0 aliphatic carbocycles. The van der Waals surface area contributed by atoms with Gasteiger partial charge in [0.1, 0.15) is 0 Å². The van der Waals surface area contributed by atoms with E-state index in [1.165, 1.54) is 11.1 Å². The van der Waals surface area contributed by atoms with Crippen LogP contribution in [-0.2, 0) is 12.8 Å². The highest BCUT2D eigenvalue weighted by molar-refractivity contribution is 5.82. The average molecular weight is 264 g/mol. The molecule has 2 aromatic carbocycles. The van der Waals surface area contributed by atoms with Crippen LogP contribution in [0.4, 0.5) is 0 Å². The SMILES string of the molecule is CCc1ccc(/C=N/N=C/c2ccc(CC)cc2)cc1. The summed E-state index contributed by atoms with van der Waals surface area (Å²) in [5.41, 5.74) is 4.81. The summed E-state index contributed by atoms with van der Waals surface area (Å²) in [7, 11) is 0. The first-order chi connectivity index (χ1) is 9.81. The zero-order valence-corrected chi connectivity index (χ0v) is 12.1. The molecule has 0 atom stereocenters. The summed E-state index contributed by atoms with van der Waals surface area (Å²) < 4.78 is 0. The average Bonchev–Trinajstić information content (AvgIpc) is 2.53. The summed E-state index contributed by atoms with van der Waals surface area (Å²) in [6, 6.07) is 16.7. The van der Waals surface area contributed by atoms with Gasteiger partial charge in [0.15, 0.2) is 0 Å². The van der Waals surface area contributed by atoms with E-state index in [0.717, 1.165) is 24.0 Å². The molecule has 0 amide bonds. The molecule has 102 valence electrons. The van der Waals surface area contributed by atoms with Gasteiger partial charge in [0.2, 0.25) is 0 Å². The third kappa shape index (κ3) is 4.16. The van der Waals surface area contributed by atoms with E-state index < -0.39 is 0 Å². The minimum atomic E-state index is 1.06. The minimum absolute atomic E-state index is 1.06. The van der Waals surface area contributed by atoms with Crippen LogP contribution in [-0.4, -0.2) is 12.4 Å². The van der Waals surface area contributed by atoms with Crippen LogP contribution in [0.3, 0.4) is 0 Å². The molecule has 0 spiro atoms. The lowest BCUT2D eigenvalue weighted by Crippen LogP contribution is -1.84. The third-order valence-corrected chi connectivity index (χ3v) is 3.26. The molecule has 0 saturated carbocycles. The van der Waals surface area contributed by atoms with Crippen molar-refractivity contribution in [3.8, 4) is 0 Å². The van der Waals surface area contributed by atoms with E-state index in [4.69, 9.17) is 0 Å². The van der Waals surface area contributed by atoms with E-state index in [-0.39, 0.29) is 0 Å². The van der Waals surface area contributed by atoms with Crippen LogP contribution < -0.4 is 0 Å². The highest BCUT2D eigenvalue weighted by Crippen LogP contribution is 2.04. The summed E-state index contributed by atoms with van der Waals surface area (Å²) in [4.78, 5) is 0. The Kier molecular flexibility index (Phi) is 5.24. The molecule has 0 heterocycles. The number of hydrogen-bond acceptors (Lipinski definition) is 2. The number of aryl methyl sites for hydroxylation is 2. The quantitative estimate of drug-likeness (QED) is 0.569. The van der Waals surface area contributed by atoms with Gasteiger partial charge in [0.25, 0.3) is 0 Å². The summed E-state index contributed by atoms with van der Waals surface area (Å²) in [6.45, 7) is 4.30. The Morgan fingerprint density at radius 2 is 1.00 bits per heavy atom. The highest BCUT2D eigenvalue weighted by Gasteiger charge is 1.90. The molecular formula is C18H20N2. The van der Waals surface area contributed by atoms with Crippen molar-refractivity contribution >= 4 is 12.4 Å². The first kappa shape index (κ1) is 14.2. The van der Waals surface area contributed by atoms with Crippen LogP contribution in [0.25, 0.3) is 0 Å². The van der Waals surface area contributed by atoms with Gasteiger partial charge in [-0.1, -0.05) is 62.4 Å². The van der Waals surface area contributed by atoms with Gasteiger partial charge in [-0.05, 0) is 35.1 Å². The fourth-order valence-corrected chi connectivity index (χ4v) is 1.88. The molecule has 2 heteroatoms. The van der Waals surface area contributed by atoms with Gasteiger partial charge in [0.05, 0.1) is 12.4 Å². The molecule has 0 aromatic heterocycles. The van der Waals surface area contributed by atoms with Gasteiger partial charge in [0, 0.05) is 0 Å². The Morgan fingerprint density at radius 1 is 0.650 bits per heavy atom. The van der Waals surface area contributed by atoms with Crippen molar-refractivity contribution in [1.29, 1.82) is 0 Å². The van der Waals surface area contributed by atoms with E-state index in [1.807, 2.05) is 0 Å². The molecule has 2 nitrogen and oxygen atoms in total. The van der Waals surface area contributed by atoms with Crippen molar-refractivity contribution in [3.63, 3.8) is 0 Å². The van der Waals surface area contributed by atoms with Crippen LogP contribution in [0.2, 0.25) is 0 Å². The van der Waals surface area contributed by atoms with Gasteiger partial charge >= 0.3 is 0 Å². The maximum absolute atomic E-state index is 4.08. The van der Waals surface area contributed by atoms with Gasteiger partial charge in [-0.25, -0.2) is 0 Å². The van der Waals surface area contributed by atoms with Crippen LogP contribution in [0.1, 0.15) is 36.1 Å². The van der Waals surface area contributed by atoms with Gasteiger partial charge in [-0.15, -0.1) is 0 Å². The van der Waals surface area contributed by atoms with Crippen molar-refractivity contribution in [2.75, 3.05) is 0 Å². The normalized spacial score (nSPS) is 11.5. The highest BCUT2D eigenvalue weighted by atomic mass is 15.2. The van der Waals surface area contributed by atoms with E-state index >= 15 is 0 Å². The predicted molar refractivity (Wildman–Crippen MR) is 86.8 cm³/mol. The van der Waals surface area contributed by atoms with Gasteiger partial charge < -0.3 is 0 Å². The molecule has 20 heavy (non-hydrogen) atoms. The molecular weight excluding hydrogens is 244 g/mol. The van der Waals surface area contributed by atoms with E-state index in [9.17, 15) is 0 Å². The summed E-state index contributed by atoms with van der Waals surface area (Å²) in [5, 5.41) is 8.16. The molecule has 2 rings (SSSR count). The van der Waals surface area contributed by atoms with Gasteiger partial charge in [-0.2, -0.15) is 10.2 Å². The van der Waals surface area contributed by atoms with E-state index in [1.54, 1.807) is 12.4 Å². The molecule has 2 aromatic rings. The lowest BCUT2D eigenvalue weighted by atomic mass is 10.1. The topological polar surface area (TPSA) is 24.7 Å². The molecule has 0 aliphatic rings. The zero-order valence-electron chi connectivity index (χ0n) is 12.1. The van der Waals surface area contributed by atoms with Crippen molar-refractivity contribution in [3.05, 3.63) is 70.8 Å². The van der Waals surface area contributed by atoms with Gasteiger partial charge in [-0.3, -0.25) is 0 Å². The fourth-order valence-electron chi connectivity index (χ4n) is 1.88. The first-order valence-electron chi connectivity index (χ1n) is 7.06. The van der Waals surface area contributed by atoms with Crippen LogP contribution in [0.15, 0.2) is 58.7 Å². The van der Waals surface area contributed by atoms with Crippen molar-refractivity contribution < 1.29 is 0 Å². The Bertz CT molecular complexity index is 522. The Balaban J connectivity index is 1.95. The van der Waals surface area contributed by atoms with Crippen LogP contribution in [0.5, 0.6) is 0 Å². The number of nitrogens with zero attached hydrogens (tertiary/aromatic N) is 2. The Morgan fingerprint density at radius 3 is 1.30 bits per heavy atom. The molecule has 0 aliphatic heterocycles. The maximum Gasteiger partial charge on any atom is 0.0568 e. The molecule has 0 unspecified atom stereocenters. The fraction of sp³-hybridized carbons (Fsp3) is 0.222. The molecule has 0 radical (unpaired) electrons. The number of hydrogen-bond donors (Lipinski definition) is 0. The summed E-state index contributed by atoms with van der Waals surface area (Å²) in [5.74, 6) is 0. The molecule has 0 N–H and O–H groups in total. The third-order valence-electron chi connectivity index (χ3n) is 3.26. The smallest absolute Gasteiger partial charge is 0.0568 e. The van der Waals surface area contributed by atoms with Crippen molar-refractivity contribution in [1.82, 2.24) is 0 Å². The second-order valence-corrected chi connectivity index (χ2v) is 4.68. The Labute approximate surface area is 120 Å². The standard InChI is InChI=1S/C18H20N2/c1-3-15-5-9-17(10-6-15)13-19-20-14-18-11-7-16(4-2)8-12-18/h5-14H,3-4H2,1-2H3/b19-13+,20-14+. The van der Waals surface area contributed by atoms with Crippen LogP contribution >= 0.6 is 0 Å². The predicted octanol–water partition coefficient (Wildman–Crippen LogP) is 4.26. The second kappa shape index (κ2) is 7.39. The molecule has 0 bridgehead atoms. The summed E-state index contributed by atoms with van der Waals surface area (Å²) in [6.07, 6.45) is 5.67. The van der Waals surface area contributed by atoms with Crippen LogP contribution in [0, 0.1) is 0 Å². The first-order valence-corrected chi connectivity index (χ1v) is 7.06. The largest absolute Gasteiger partial charge is 0.159 e. The number of benzene rings is 2. The summed E-state index contributed by atoms with van der Waals surface area (Å²) >= 11 is 0. The molecule has 0 fully saturated rings. The van der Waals surface area contributed by atoms with Crippen molar-refractivity contribution in [2.45, 2.75) is 26.7 Å². The lowest BCUT2D eigenvalue weighted by molar-refractivity contribution is 1.14. The lowest BCUT2D eigenvalue weighted by Gasteiger charge is -1.96.